The molecule has 3 heterocycles. The predicted octanol–water partition coefficient (Wildman–Crippen LogP) is 13.3. The molecule has 0 saturated heterocycles. The van der Waals surface area contributed by atoms with Crippen LogP contribution in [0.1, 0.15) is 60.1 Å². The van der Waals surface area contributed by atoms with Gasteiger partial charge in [-0.05, 0) is 107 Å². The van der Waals surface area contributed by atoms with Crippen LogP contribution in [0.3, 0.4) is 0 Å². The number of anilines is 1. The van der Waals surface area contributed by atoms with Gasteiger partial charge in [-0.3, -0.25) is 4.99 Å². The van der Waals surface area contributed by atoms with Gasteiger partial charge in [0.05, 0.1) is 12.2 Å². The van der Waals surface area contributed by atoms with Crippen LogP contribution in [0.25, 0.3) is 78.3 Å². The van der Waals surface area contributed by atoms with E-state index in [1.54, 1.807) is 6.08 Å². The average molecular weight is 715 g/mol. The smallest absolute Gasteiger partial charge is 0.176 e. The second kappa shape index (κ2) is 12.4. The minimum atomic E-state index is -0.0935. The normalized spacial score (nSPS) is 13.8. The van der Waals surface area contributed by atoms with E-state index in [9.17, 15) is 0 Å². The lowest BCUT2D eigenvalue weighted by molar-refractivity contribution is 0.603. The van der Waals surface area contributed by atoms with E-state index in [1.165, 1.54) is 22.3 Å². The van der Waals surface area contributed by atoms with Gasteiger partial charge in [0.1, 0.15) is 33.8 Å². The first-order chi connectivity index (χ1) is 26.8. The van der Waals surface area contributed by atoms with Crippen molar-refractivity contribution in [2.45, 2.75) is 32.7 Å². The number of fused-ring (bicyclic) bond motifs is 8. The number of nitrogens with two attached hydrogens (primary N) is 1. The number of hydrogen-bond donors (Lipinski definition) is 1. The van der Waals surface area contributed by atoms with Crippen LogP contribution in [0.15, 0.2) is 152 Å². The number of aliphatic imine (C=N–C) groups is 1. The summed E-state index contributed by atoms with van der Waals surface area (Å²) in [5.41, 5.74) is 21.8. The van der Waals surface area contributed by atoms with Crippen molar-refractivity contribution in [3.8, 4) is 22.3 Å². The lowest BCUT2D eigenvalue weighted by Gasteiger charge is -2.22. The highest BCUT2D eigenvalue weighted by atomic mass is 16.3. The Morgan fingerprint density at radius 3 is 2.25 bits per heavy atom. The maximum absolute atomic E-state index is 7.09. The molecule has 266 valence electrons. The molecule has 55 heavy (non-hydrogen) atoms. The van der Waals surface area contributed by atoms with Crippen LogP contribution in [0, 0.1) is 0 Å². The van der Waals surface area contributed by atoms with Crippen LogP contribution < -0.4 is 5.73 Å². The molecule has 6 aromatic carbocycles. The fourth-order valence-corrected chi connectivity index (χ4v) is 8.47. The summed E-state index contributed by atoms with van der Waals surface area (Å²) in [5.74, 6) is 1.26. The maximum Gasteiger partial charge on any atom is 0.176 e. The van der Waals surface area contributed by atoms with Crippen LogP contribution in [0.5, 0.6) is 0 Å². The largest absolute Gasteiger partial charge is 0.456 e. The molecule has 1 aliphatic carbocycles. The summed E-state index contributed by atoms with van der Waals surface area (Å²) in [5, 5.41) is 3.95. The zero-order chi connectivity index (χ0) is 37.4. The minimum absolute atomic E-state index is 0.0935. The van der Waals surface area contributed by atoms with Gasteiger partial charge in [-0.15, -0.1) is 0 Å². The topological polar surface area (TPSA) is 77.8 Å². The summed E-state index contributed by atoms with van der Waals surface area (Å²) >= 11 is 0. The van der Waals surface area contributed by atoms with Crippen molar-refractivity contribution >= 4 is 67.4 Å². The van der Waals surface area contributed by atoms with Crippen molar-refractivity contribution in [2.24, 2.45) is 4.99 Å². The van der Waals surface area contributed by atoms with Gasteiger partial charge < -0.3 is 19.0 Å². The summed E-state index contributed by atoms with van der Waals surface area (Å²) < 4.78 is 18.9. The number of nitrogen functional groups attached to an aromatic ring is 1. The van der Waals surface area contributed by atoms with Crippen molar-refractivity contribution in [2.75, 3.05) is 5.73 Å². The van der Waals surface area contributed by atoms with Crippen LogP contribution in [0.4, 0.5) is 5.69 Å². The molecule has 0 atom stereocenters. The van der Waals surface area contributed by atoms with E-state index in [0.29, 0.717) is 29.3 Å². The first-order valence-electron chi connectivity index (χ1n) is 18.7. The maximum atomic E-state index is 7.09. The molecule has 10 rings (SSSR count). The number of para-hydroxylation sites is 1. The Balaban J connectivity index is 1.10. The average Bonchev–Trinajstić information content (AvgIpc) is 3.93. The van der Waals surface area contributed by atoms with Crippen molar-refractivity contribution in [3.05, 3.63) is 173 Å². The Bertz CT molecular complexity index is 3090. The molecule has 0 fully saturated rings. The fraction of sp³-hybridized carbons (Fsp3) is 0.100. The standard InChI is InChI=1S/C50H38N2O3/c1-5-11-35-38-26-32(19-23-45(38)53-42(35)6-2)48(52-28-29-16-21-44-37(24-29)36-13-8-10-15-43(36)54-44)49-47(51)39-25-30(18-22-46(39)55-49)31-17-20-34-33-12-7-9-14-40(33)50(3,4)41(34)27-31/h5-27H,2,28,51H2,1,3-4H3/b11-5-,52-48?. The Labute approximate surface area is 318 Å². The van der Waals surface area contributed by atoms with Gasteiger partial charge in [-0.25, -0.2) is 0 Å². The van der Waals surface area contributed by atoms with E-state index in [2.05, 4.69) is 99.3 Å². The molecule has 5 heteroatoms. The molecule has 0 unspecified atom stereocenters. The molecule has 0 amide bonds. The second-order valence-corrected chi connectivity index (χ2v) is 14.9. The zero-order valence-electron chi connectivity index (χ0n) is 30.9. The Hall–Kier alpha value is -6.85. The van der Waals surface area contributed by atoms with Crippen LogP contribution in [0.2, 0.25) is 0 Å². The van der Waals surface area contributed by atoms with E-state index in [0.717, 1.165) is 71.9 Å². The van der Waals surface area contributed by atoms with Crippen molar-refractivity contribution < 1.29 is 13.3 Å². The Kier molecular flexibility index (Phi) is 7.36. The van der Waals surface area contributed by atoms with Gasteiger partial charge in [0.25, 0.3) is 0 Å². The van der Waals surface area contributed by atoms with Gasteiger partial charge in [-0.1, -0.05) is 99.3 Å². The summed E-state index contributed by atoms with van der Waals surface area (Å²) in [6.07, 6.45) is 5.80. The second-order valence-electron chi connectivity index (χ2n) is 14.9. The summed E-state index contributed by atoms with van der Waals surface area (Å²) in [7, 11) is 0. The molecule has 9 aromatic rings. The number of nitrogens with zero attached hydrogens (tertiary/aromatic N) is 1. The molecule has 0 spiro atoms. The molecule has 0 radical (unpaired) electrons. The van der Waals surface area contributed by atoms with Crippen molar-refractivity contribution in [3.63, 3.8) is 0 Å². The third-order valence-electron chi connectivity index (χ3n) is 11.3. The predicted molar refractivity (Wildman–Crippen MR) is 228 cm³/mol. The number of furan rings is 3. The molecular weight excluding hydrogens is 677 g/mol. The quantitative estimate of drug-likeness (QED) is 0.167. The number of allylic oxidation sites excluding steroid dienone is 1. The van der Waals surface area contributed by atoms with Gasteiger partial charge >= 0.3 is 0 Å². The molecule has 5 nitrogen and oxygen atoms in total. The first kappa shape index (κ1) is 32.8. The number of rotatable bonds is 7. The SMILES string of the molecule is C=Cc1oc2ccc(C(=NCc3ccc4oc5ccccc5c4c3)c3oc4ccc(-c5ccc6c(c5)C(C)(C)c5ccccc5-6)cc4c3N)cc2c1/C=C\C. The third-order valence-corrected chi connectivity index (χ3v) is 11.3. The van der Waals surface area contributed by atoms with E-state index in [1.807, 2.05) is 61.5 Å². The highest BCUT2D eigenvalue weighted by Crippen LogP contribution is 2.49. The van der Waals surface area contributed by atoms with E-state index in [4.69, 9.17) is 24.0 Å². The first-order valence-corrected chi connectivity index (χ1v) is 18.7. The molecular formula is C50H38N2O3. The summed E-state index contributed by atoms with van der Waals surface area (Å²) in [4.78, 5) is 5.27. The minimum Gasteiger partial charge on any atom is -0.456 e. The highest BCUT2D eigenvalue weighted by Gasteiger charge is 2.35. The van der Waals surface area contributed by atoms with Gasteiger partial charge in [0, 0.05) is 38.1 Å². The van der Waals surface area contributed by atoms with Gasteiger partial charge in [0.15, 0.2) is 5.76 Å². The lowest BCUT2D eigenvalue weighted by Crippen LogP contribution is -2.14. The van der Waals surface area contributed by atoms with Crippen LogP contribution in [-0.4, -0.2) is 5.71 Å². The van der Waals surface area contributed by atoms with Crippen LogP contribution >= 0.6 is 0 Å². The van der Waals surface area contributed by atoms with E-state index < -0.39 is 0 Å². The van der Waals surface area contributed by atoms with Crippen molar-refractivity contribution in [1.82, 2.24) is 0 Å². The molecule has 1 aliphatic rings. The van der Waals surface area contributed by atoms with Crippen molar-refractivity contribution in [1.29, 1.82) is 0 Å². The Morgan fingerprint density at radius 2 is 1.38 bits per heavy atom. The monoisotopic (exact) mass is 714 g/mol. The van der Waals surface area contributed by atoms with E-state index >= 15 is 0 Å². The third kappa shape index (κ3) is 5.11. The molecule has 3 aromatic heterocycles. The summed E-state index contributed by atoms with van der Waals surface area (Å²) in [6.45, 7) is 11.0. The number of benzene rings is 6. The molecule has 2 N–H and O–H groups in total. The fourth-order valence-electron chi connectivity index (χ4n) is 8.47. The highest BCUT2D eigenvalue weighted by molar-refractivity contribution is 6.19. The zero-order valence-corrected chi connectivity index (χ0v) is 30.9. The summed E-state index contributed by atoms with van der Waals surface area (Å²) in [6, 6.07) is 42.3. The molecule has 0 bridgehead atoms. The van der Waals surface area contributed by atoms with Crippen LogP contribution in [-0.2, 0) is 12.0 Å². The lowest BCUT2D eigenvalue weighted by atomic mass is 9.81. The molecule has 0 saturated carbocycles. The number of hydrogen-bond acceptors (Lipinski definition) is 5. The van der Waals surface area contributed by atoms with Gasteiger partial charge in [-0.2, -0.15) is 0 Å². The van der Waals surface area contributed by atoms with Gasteiger partial charge in [0.2, 0.25) is 0 Å². The Morgan fingerprint density at radius 1 is 0.673 bits per heavy atom. The van der Waals surface area contributed by atoms with E-state index in [-0.39, 0.29) is 5.41 Å². The molecule has 0 aliphatic heterocycles.